The second-order valence-electron chi connectivity index (χ2n) is 8.41. The molecule has 0 aromatic carbocycles. The lowest BCUT2D eigenvalue weighted by molar-refractivity contribution is 0.122. The van der Waals surface area contributed by atoms with E-state index in [4.69, 9.17) is 14.7 Å². The summed E-state index contributed by atoms with van der Waals surface area (Å²) in [6.45, 7) is 7.39. The summed E-state index contributed by atoms with van der Waals surface area (Å²) < 4.78 is 5.43. The van der Waals surface area contributed by atoms with E-state index < -0.39 is 0 Å². The molecule has 32 heavy (non-hydrogen) atoms. The van der Waals surface area contributed by atoms with Gasteiger partial charge in [0.15, 0.2) is 5.13 Å². The zero-order chi connectivity index (χ0) is 21.9. The highest BCUT2D eigenvalue weighted by molar-refractivity contribution is 7.19. The van der Waals surface area contributed by atoms with Gasteiger partial charge in [0.1, 0.15) is 5.82 Å². The van der Waals surface area contributed by atoms with Crippen molar-refractivity contribution in [3.8, 4) is 10.6 Å². The molecular formula is C23H29N7OS. The van der Waals surface area contributed by atoms with Crippen LogP contribution in [0.25, 0.3) is 10.6 Å². The number of rotatable bonds is 6. The lowest BCUT2D eigenvalue weighted by Gasteiger charge is -2.28. The Balaban J connectivity index is 1.32. The summed E-state index contributed by atoms with van der Waals surface area (Å²) >= 11 is 1.67. The van der Waals surface area contributed by atoms with Crippen LogP contribution in [0.3, 0.4) is 0 Å². The average Bonchev–Trinajstić information content (AvgIpc) is 3.46. The van der Waals surface area contributed by atoms with Crippen molar-refractivity contribution in [1.82, 2.24) is 19.9 Å². The maximum absolute atomic E-state index is 5.43. The highest BCUT2D eigenvalue weighted by atomic mass is 32.1. The number of aromatic nitrogens is 4. The van der Waals surface area contributed by atoms with E-state index in [9.17, 15) is 0 Å². The van der Waals surface area contributed by atoms with E-state index in [2.05, 4.69) is 31.6 Å². The topological polar surface area (TPSA) is 88.1 Å². The second kappa shape index (κ2) is 9.38. The summed E-state index contributed by atoms with van der Waals surface area (Å²) in [4.78, 5) is 22.0. The van der Waals surface area contributed by atoms with Gasteiger partial charge in [-0.05, 0) is 44.4 Å². The Kier molecular flexibility index (Phi) is 6.18. The Morgan fingerprint density at radius 1 is 1.03 bits per heavy atom. The van der Waals surface area contributed by atoms with Crippen molar-refractivity contribution < 1.29 is 4.74 Å². The zero-order valence-electron chi connectivity index (χ0n) is 18.6. The molecular weight excluding hydrogens is 422 g/mol. The van der Waals surface area contributed by atoms with Gasteiger partial charge in [-0.1, -0.05) is 24.2 Å². The van der Waals surface area contributed by atoms with Crippen molar-refractivity contribution in [2.45, 2.75) is 45.6 Å². The van der Waals surface area contributed by atoms with E-state index in [-0.39, 0.29) is 0 Å². The molecule has 8 nitrogen and oxygen atoms in total. The van der Waals surface area contributed by atoms with Crippen molar-refractivity contribution in [1.29, 1.82) is 0 Å². The molecule has 1 aliphatic carbocycles. The first-order valence-corrected chi connectivity index (χ1v) is 12.1. The second-order valence-corrected chi connectivity index (χ2v) is 9.41. The Hall–Kier alpha value is -2.78. The Bertz CT molecular complexity index is 1060. The predicted octanol–water partition coefficient (Wildman–Crippen LogP) is 4.55. The molecule has 2 N–H and O–H groups in total. The van der Waals surface area contributed by atoms with E-state index in [0.29, 0.717) is 12.0 Å². The van der Waals surface area contributed by atoms with Crippen molar-refractivity contribution in [3.05, 3.63) is 35.8 Å². The molecule has 1 aliphatic heterocycles. The number of hydrogen-bond acceptors (Lipinski definition) is 9. The van der Waals surface area contributed by atoms with Crippen LogP contribution < -0.4 is 15.5 Å². The molecule has 2 aliphatic rings. The van der Waals surface area contributed by atoms with E-state index in [1.54, 1.807) is 11.3 Å². The number of aryl methyl sites for hydroxylation is 2. The molecule has 2 fully saturated rings. The Morgan fingerprint density at radius 3 is 2.59 bits per heavy atom. The van der Waals surface area contributed by atoms with E-state index >= 15 is 0 Å². The Morgan fingerprint density at radius 2 is 1.84 bits per heavy atom. The van der Waals surface area contributed by atoms with Gasteiger partial charge in [0.2, 0.25) is 5.95 Å². The smallest absolute Gasteiger partial charge is 0.228 e. The number of ether oxygens (including phenoxy) is 1. The van der Waals surface area contributed by atoms with Gasteiger partial charge in [-0.25, -0.2) is 19.9 Å². The number of hydrogen-bond donors (Lipinski definition) is 2. The highest BCUT2D eigenvalue weighted by Crippen LogP contribution is 2.35. The van der Waals surface area contributed by atoms with Gasteiger partial charge in [0.05, 0.1) is 41.4 Å². The number of nitrogens with one attached hydrogen (secondary N) is 2. The molecule has 0 radical (unpaired) electrons. The van der Waals surface area contributed by atoms with Gasteiger partial charge in [0, 0.05) is 25.3 Å². The predicted molar refractivity (Wildman–Crippen MR) is 129 cm³/mol. The Labute approximate surface area is 192 Å². The fourth-order valence-corrected chi connectivity index (χ4v) is 5.34. The monoisotopic (exact) mass is 451 g/mol. The van der Waals surface area contributed by atoms with E-state index in [0.717, 1.165) is 64.8 Å². The molecule has 9 heteroatoms. The molecule has 4 heterocycles. The minimum atomic E-state index is 0.537. The van der Waals surface area contributed by atoms with Gasteiger partial charge in [-0.2, -0.15) is 0 Å². The van der Waals surface area contributed by atoms with Crippen LogP contribution in [0, 0.1) is 13.8 Å². The maximum Gasteiger partial charge on any atom is 0.228 e. The van der Waals surface area contributed by atoms with Gasteiger partial charge in [-0.15, -0.1) is 0 Å². The lowest BCUT2D eigenvalue weighted by Crippen LogP contribution is -2.36. The van der Waals surface area contributed by atoms with Crippen LogP contribution in [0.5, 0.6) is 0 Å². The zero-order valence-corrected chi connectivity index (χ0v) is 19.4. The molecule has 0 unspecified atom stereocenters. The normalized spacial score (nSPS) is 17.0. The third-order valence-corrected chi connectivity index (χ3v) is 7.13. The first-order valence-electron chi connectivity index (χ1n) is 11.3. The lowest BCUT2D eigenvalue weighted by atomic mass is 10.2. The quantitative estimate of drug-likeness (QED) is 0.564. The van der Waals surface area contributed by atoms with Crippen LogP contribution in [0.2, 0.25) is 0 Å². The van der Waals surface area contributed by atoms with Crippen molar-refractivity contribution >= 4 is 33.9 Å². The summed E-state index contributed by atoms with van der Waals surface area (Å²) in [5.74, 6) is 1.26. The molecule has 3 aromatic rings. The molecule has 0 amide bonds. The number of anilines is 4. The number of nitrogens with zero attached hydrogens (tertiary/aromatic N) is 5. The summed E-state index contributed by atoms with van der Waals surface area (Å²) in [6.07, 6.45) is 8.80. The minimum absolute atomic E-state index is 0.537. The number of morpholine rings is 1. The number of thiazole rings is 1. The minimum Gasteiger partial charge on any atom is -0.378 e. The molecule has 1 saturated heterocycles. The van der Waals surface area contributed by atoms with Crippen molar-refractivity contribution in [2.75, 3.05) is 41.8 Å². The standard InChI is InChI=1S/C23H29N7OS/c1-15-13-25-22(28-19-8-7-18(14-24-19)30-9-11-31-12-10-30)29-20(15)21-16(2)26-23(32-21)27-17-5-3-4-6-17/h7-8,13-14,17H,3-6,9-12H2,1-2H3,(H,26,27)(H,24,25,28,29). The molecule has 0 atom stereocenters. The molecule has 3 aromatic heterocycles. The summed E-state index contributed by atoms with van der Waals surface area (Å²) in [6, 6.07) is 4.59. The molecule has 168 valence electrons. The highest BCUT2D eigenvalue weighted by Gasteiger charge is 2.19. The third-order valence-electron chi connectivity index (χ3n) is 6.03. The van der Waals surface area contributed by atoms with Crippen LogP contribution in [0.1, 0.15) is 36.9 Å². The van der Waals surface area contributed by atoms with E-state index in [1.165, 1.54) is 25.7 Å². The van der Waals surface area contributed by atoms with Crippen LogP contribution in [-0.4, -0.2) is 52.3 Å². The van der Waals surface area contributed by atoms with Crippen LogP contribution in [0.15, 0.2) is 24.5 Å². The van der Waals surface area contributed by atoms with Crippen LogP contribution >= 0.6 is 11.3 Å². The first-order chi connectivity index (χ1) is 15.7. The maximum atomic E-state index is 5.43. The summed E-state index contributed by atoms with van der Waals surface area (Å²) in [5.41, 5.74) is 4.05. The van der Waals surface area contributed by atoms with Gasteiger partial charge >= 0.3 is 0 Å². The third kappa shape index (κ3) is 4.68. The van der Waals surface area contributed by atoms with Crippen molar-refractivity contribution in [3.63, 3.8) is 0 Å². The van der Waals surface area contributed by atoms with E-state index in [1.807, 2.05) is 32.3 Å². The molecule has 0 bridgehead atoms. The molecule has 1 saturated carbocycles. The molecule has 5 rings (SSSR count). The van der Waals surface area contributed by atoms with Gasteiger partial charge in [-0.3, -0.25) is 0 Å². The molecule has 0 spiro atoms. The summed E-state index contributed by atoms with van der Waals surface area (Å²) in [5, 5.41) is 7.84. The average molecular weight is 452 g/mol. The fourth-order valence-electron chi connectivity index (χ4n) is 4.24. The van der Waals surface area contributed by atoms with Gasteiger partial charge in [0.25, 0.3) is 0 Å². The van der Waals surface area contributed by atoms with Crippen molar-refractivity contribution in [2.24, 2.45) is 0 Å². The fraction of sp³-hybridized carbons (Fsp3) is 0.478. The largest absolute Gasteiger partial charge is 0.378 e. The van der Waals surface area contributed by atoms with Crippen LogP contribution in [0.4, 0.5) is 22.6 Å². The number of pyridine rings is 1. The van der Waals surface area contributed by atoms with Crippen LogP contribution in [-0.2, 0) is 4.74 Å². The first kappa shape index (κ1) is 21.1. The SMILES string of the molecule is Cc1cnc(Nc2ccc(N3CCOCC3)cn2)nc1-c1sc(NC2CCCC2)nc1C. The van der Waals surface area contributed by atoms with Gasteiger partial charge < -0.3 is 20.3 Å². The summed E-state index contributed by atoms with van der Waals surface area (Å²) in [7, 11) is 0.